The van der Waals surface area contributed by atoms with Gasteiger partial charge in [-0.2, -0.15) is 0 Å². The summed E-state index contributed by atoms with van der Waals surface area (Å²) in [7, 11) is 0. The second kappa shape index (κ2) is 10.1. The van der Waals surface area contributed by atoms with E-state index in [1.165, 1.54) is 0 Å². The average molecular weight is 451 g/mol. The summed E-state index contributed by atoms with van der Waals surface area (Å²) in [5, 5.41) is 7.83. The van der Waals surface area contributed by atoms with Crippen LogP contribution in [0.25, 0.3) is 0 Å². The number of hydrogen-bond donors (Lipinski definition) is 3. The van der Waals surface area contributed by atoms with Crippen LogP contribution in [0.3, 0.4) is 0 Å². The quantitative estimate of drug-likeness (QED) is 0.514. The fourth-order valence-electron chi connectivity index (χ4n) is 3.69. The Morgan fingerprint density at radius 3 is 2.55 bits per heavy atom. The van der Waals surface area contributed by atoms with Gasteiger partial charge in [0.2, 0.25) is 0 Å². The summed E-state index contributed by atoms with van der Waals surface area (Å²) < 4.78 is 26.9. The highest BCUT2D eigenvalue weighted by Crippen LogP contribution is 2.28. The third kappa shape index (κ3) is 5.62. The van der Waals surface area contributed by atoms with Gasteiger partial charge in [-0.25, -0.2) is 13.6 Å². The van der Waals surface area contributed by atoms with Crippen LogP contribution >= 0.6 is 0 Å². The van der Waals surface area contributed by atoms with Gasteiger partial charge in [0.15, 0.2) is 0 Å². The van der Waals surface area contributed by atoms with Gasteiger partial charge in [0, 0.05) is 49.5 Å². The van der Waals surface area contributed by atoms with Crippen molar-refractivity contribution in [3.05, 3.63) is 83.7 Å². The first-order chi connectivity index (χ1) is 16.0. The molecule has 1 aromatic heterocycles. The van der Waals surface area contributed by atoms with Crippen molar-refractivity contribution in [1.82, 2.24) is 10.3 Å². The lowest BCUT2D eigenvalue weighted by atomic mass is 10.1. The number of benzene rings is 2. The van der Waals surface area contributed by atoms with E-state index in [1.54, 1.807) is 36.7 Å². The van der Waals surface area contributed by atoms with Crippen molar-refractivity contribution >= 4 is 29.0 Å². The molecule has 0 aliphatic carbocycles. The molecule has 1 aliphatic heterocycles. The van der Waals surface area contributed by atoms with Gasteiger partial charge in [-0.3, -0.25) is 9.78 Å². The van der Waals surface area contributed by atoms with E-state index in [0.717, 1.165) is 49.3 Å². The number of carbonyl (C=O) groups excluding carboxylic acids is 2. The van der Waals surface area contributed by atoms with E-state index in [-0.39, 0.29) is 11.6 Å². The largest absolute Gasteiger partial charge is 0.371 e. The highest BCUT2D eigenvalue weighted by Gasteiger charge is 2.20. The Labute approximate surface area is 189 Å². The van der Waals surface area contributed by atoms with Crippen LogP contribution in [-0.2, 0) is 6.54 Å². The second-order valence-electron chi connectivity index (χ2n) is 7.67. The van der Waals surface area contributed by atoms with E-state index in [4.69, 9.17) is 0 Å². The Morgan fingerprint density at radius 1 is 1.00 bits per heavy atom. The predicted molar refractivity (Wildman–Crippen MR) is 122 cm³/mol. The molecule has 9 heteroatoms. The summed E-state index contributed by atoms with van der Waals surface area (Å²) in [6.45, 7) is 2.01. The molecule has 0 radical (unpaired) electrons. The lowest BCUT2D eigenvalue weighted by Crippen LogP contribution is -2.28. The number of rotatable bonds is 6. The van der Waals surface area contributed by atoms with E-state index in [9.17, 15) is 18.4 Å². The summed E-state index contributed by atoms with van der Waals surface area (Å²) in [5.41, 5.74) is 2.28. The normalized spacial score (nSPS) is 13.0. The van der Waals surface area contributed by atoms with Crippen LogP contribution in [0.2, 0.25) is 0 Å². The van der Waals surface area contributed by atoms with Gasteiger partial charge in [-0.05, 0) is 54.8 Å². The number of carbonyl (C=O) groups is 2. The maximum Gasteiger partial charge on any atom is 0.323 e. The topological polar surface area (TPSA) is 86.4 Å². The van der Waals surface area contributed by atoms with Crippen LogP contribution in [0.1, 0.15) is 28.8 Å². The van der Waals surface area contributed by atoms with Crippen molar-refractivity contribution in [3.8, 4) is 0 Å². The van der Waals surface area contributed by atoms with Gasteiger partial charge in [0.1, 0.15) is 11.6 Å². The van der Waals surface area contributed by atoms with Gasteiger partial charge < -0.3 is 20.9 Å². The molecule has 33 heavy (non-hydrogen) atoms. The lowest BCUT2D eigenvalue weighted by Gasteiger charge is -2.22. The predicted octanol–water partition coefficient (Wildman–Crippen LogP) is 4.53. The van der Waals surface area contributed by atoms with Crippen molar-refractivity contribution in [2.75, 3.05) is 28.6 Å². The van der Waals surface area contributed by atoms with E-state index >= 15 is 0 Å². The molecule has 0 atom stereocenters. The fraction of sp³-hybridized carbons (Fsp3) is 0.208. The van der Waals surface area contributed by atoms with E-state index in [1.807, 2.05) is 6.07 Å². The number of halogens is 2. The van der Waals surface area contributed by atoms with Crippen LogP contribution in [-0.4, -0.2) is 30.0 Å². The first kappa shape index (κ1) is 22.2. The Bertz CT molecular complexity index is 1150. The van der Waals surface area contributed by atoms with Crippen molar-refractivity contribution in [3.63, 3.8) is 0 Å². The molecule has 0 bridgehead atoms. The SMILES string of the molecule is O=C(Nc1ccc(N2CCCC2)c(C(=O)NCc2cccnc2)c1)Nc1ccc(F)cc1F. The van der Waals surface area contributed by atoms with Crippen LogP contribution in [0.5, 0.6) is 0 Å². The molecule has 7 nitrogen and oxygen atoms in total. The molecule has 3 N–H and O–H groups in total. The molecule has 3 aromatic rings. The number of urea groups is 1. The highest BCUT2D eigenvalue weighted by molar-refractivity contribution is 6.04. The molecule has 3 amide bonds. The summed E-state index contributed by atoms with van der Waals surface area (Å²) in [6, 6.07) is 10.9. The average Bonchev–Trinajstić information content (AvgIpc) is 3.35. The third-order valence-electron chi connectivity index (χ3n) is 5.30. The van der Waals surface area contributed by atoms with E-state index in [2.05, 4.69) is 25.8 Å². The zero-order valence-electron chi connectivity index (χ0n) is 17.8. The zero-order valence-corrected chi connectivity index (χ0v) is 17.8. The molecular weight excluding hydrogens is 428 g/mol. The smallest absolute Gasteiger partial charge is 0.323 e. The second-order valence-corrected chi connectivity index (χ2v) is 7.67. The minimum absolute atomic E-state index is 0.156. The number of nitrogens with one attached hydrogen (secondary N) is 3. The van der Waals surface area contributed by atoms with E-state index < -0.39 is 17.7 Å². The molecule has 170 valence electrons. The van der Waals surface area contributed by atoms with Gasteiger partial charge in [0.05, 0.1) is 11.3 Å². The number of aromatic nitrogens is 1. The van der Waals surface area contributed by atoms with Gasteiger partial charge in [-0.1, -0.05) is 6.07 Å². The number of hydrogen-bond acceptors (Lipinski definition) is 4. The number of amides is 3. The summed E-state index contributed by atoms with van der Waals surface area (Å²) in [6.07, 6.45) is 5.43. The molecule has 1 saturated heterocycles. The minimum atomic E-state index is -0.884. The first-order valence-electron chi connectivity index (χ1n) is 10.6. The zero-order chi connectivity index (χ0) is 23.2. The molecular formula is C24H23F2N5O2. The van der Waals surface area contributed by atoms with Gasteiger partial charge in [0.25, 0.3) is 5.91 Å². The molecule has 0 spiro atoms. The van der Waals surface area contributed by atoms with Gasteiger partial charge in [-0.15, -0.1) is 0 Å². The molecule has 2 heterocycles. The van der Waals surface area contributed by atoms with Crippen LogP contribution in [0.15, 0.2) is 60.9 Å². The van der Waals surface area contributed by atoms with Gasteiger partial charge >= 0.3 is 6.03 Å². The van der Waals surface area contributed by atoms with Crippen LogP contribution in [0, 0.1) is 11.6 Å². The molecule has 1 fully saturated rings. The van der Waals surface area contributed by atoms with Crippen molar-refractivity contribution in [2.45, 2.75) is 19.4 Å². The van der Waals surface area contributed by atoms with Crippen LogP contribution in [0.4, 0.5) is 30.6 Å². The molecule has 0 unspecified atom stereocenters. The van der Waals surface area contributed by atoms with Crippen molar-refractivity contribution in [1.29, 1.82) is 0 Å². The molecule has 1 aliphatic rings. The summed E-state index contributed by atoms with van der Waals surface area (Å²) >= 11 is 0. The highest BCUT2D eigenvalue weighted by atomic mass is 19.1. The molecule has 0 saturated carbocycles. The van der Waals surface area contributed by atoms with E-state index in [0.29, 0.717) is 23.9 Å². The number of nitrogens with zero attached hydrogens (tertiary/aromatic N) is 2. The molecule has 2 aromatic carbocycles. The minimum Gasteiger partial charge on any atom is -0.371 e. The molecule has 4 rings (SSSR count). The Morgan fingerprint density at radius 2 is 1.82 bits per heavy atom. The van der Waals surface area contributed by atoms with Crippen molar-refractivity contribution < 1.29 is 18.4 Å². The number of pyridine rings is 1. The lowest BCUT2D eigenvalue weighted by molar-refractivity contribution is 0.0951. The Balaban J connectivity index is 1.51. The Kier molecular flexibility index (Phi) is 6.77. The monoisotopic (exact) mass is 451 g/mol. The maximum atomic E-state index is 13.8. The number of anilines is 3. The standard InChI is InChI=1S/C24H23F2N5O2/c25-17-5-7-21(20(26)12-17)30-24(33)29-18-6-8-22(31-10-1-2-11-31)19(13-18)23(32)28-15-16-4-3-9-27-14-16/h3-9,12-14H,1-2,10-11,15H2,(H,28,32)(H2,29,30,33). The Hall–Kier alpha value is -4.01. The third-order valence-corrected chi connectivity index (χ3v) is 5.30. The first-order valence-corrected chi connectivity index (χ1v) is 10.6. The fourth-order valence-corrected chi connectivity index (χ4v) is 3.69. The van der Waals surface area contributed by atoms with Crippen molar-refractivity contribution in [2.24, 2.45) is 0 Å². The summed E-state index contributed by atoms with van der Waals surface area (Å²) in [5.74, 6) is -1.91. The maximum absolute atomic E-state index is 13.8. The summed E-state index contributed by atoms with van der Waals surface area (Å²) in [4.78, 5) is 31.6. The van der Waals surface area contributed by atoms with Crippen LogP contribution < -0.4 is 20.9 Å².